The van der Waals surface area contributed by atoms with E-state index < -0.39 is 0 Å². The zero-order chi connectivity index (χ0) is 14.3. The van der Waals surface area contributed by atoms with Gasteiger partial charge in [-0.2, -0.15) is 0 Å². The fourth-order valence-corrected chi connectivity index (χ4v) is 2.98. The minimum absolute atomic E-state index is 0.350. The Hall–Kier alpha value is -1.75. The summed E-state index contributed by atoms with van der Waals surface area (Å²) in [6.45, 7) is 6.31. The van der Waals surface area contributed by atoms with E-state index in [2.05, 4.69) is 50.5 Å². The molecule has 0 unspecified atom stereocenters. The van der Waals surface area contributed by atoms with E-state index in [4.69, 9.17) is 4.98 Å². The Morgan fingerprint density at radius 1 is 1.15 bits per heavy atom. The van der Waals surface area contributed by atoms with E-state index in [9.17, 15) is 0 Å². The summed E-state index contributed by atoms with van der Waals surface area (Å²) in [6, 6.07) is 4.21. The zero-order valence-electron chi connectivity index (χ0n) is 11.6. The van der Waals surface area contributed by atoms with E-state index in [1.807, 2.05) is 19.1 Å². The SMILES string of the molecule is Cc1nc(-c2ccncc2)nc2c1c(Br)cn2C(C)C. The quantitative estimate of drug-likeness (QED) is 0.709. The number of hydrogen-bond donors (Lipinski definition) is 0. The second-order valence-electron chi connectivity index (χ2n) is 5.05. The molecule has 0 bridgehead atoms. The lowest BCUT2D eigenvalue weighted by atomic mass is 10.2. The van der Waals surface area contributed by atoms with Crippen LogP contribution < -0.4 is 0 Å². The molecule has 0 radical (unpaired) electrons. The lowest BCUT2D eigenvalue weighted by Crippen LogP contribution is -2.02. The molecule has 0 aliphatic carbocycles. The predicted molar refractivity (Wildman–Crippen MR) is 83.6 cm³/mol. The molecule has 0 aromatic carbocycles. The summed E-state index contributed by atoms with van der Waals surface area (Å²) < 4.78 is 3.21. The number of aromatic nitrogens is 4. The molecule has 4 nitrogen and oxygen atoms in total. The highest BCUT2D eigenvalue weighted by Crippen LogP contribution is 2.31. The summed E-state index contributed by atoms with van der Waals surface area (Å²) in [5, 5.41) is 1.08. The van der Waals surface area contributed by atoms with E-state index in [-0.39, 0.29) is 0 Å². The number of halogens is 1. The molecule has 0 aliphatic heterocycles. The average molecular weight is 331 g/mol. The highest BCUT2D eigenvalue weighted by atomic mass is 79.9. The van der Waals surface area contributed by atoms with Gasteiger partial charge in [-0.05, 0) is 48.8 Å². The first kappa shape index (κ1) is 13.2. The first-order valence-corrected chi connectivity index (χ1v) is 7.32. The summed E-state index contributed by atoms with van der Waals surface area (Å²) in [5.41, 5.74) is 2.93. The van der Waals surface area contributed by atoms with Crippen molar-refractivity contribution in [2.45, 2.75) is 26.8 Å². The molecule has 0 fully saturated rings. The smallest absolute Gasteiger partial charge is 0.161 e. The van der Waals surface area contributed by atoms with E-state index >= 15 is 0 Å². The Morgan fingerprint density at radius 2 is 1.85 bits per heavy atom. The Bertz CT molecular complexity index is 762. The van der Waals surface area contributed by atoms with Crippen molar-refractivity contribution in [2.24, 2.45) is 0 Å². The van der Waals surface area contributed by atoms with Gasteiger partial charge in [-0.15, -0.1) is 0 Å². The van der Waals surface area contributed by atoms with Crippen molar-refractivity contribution in [1.82, 2.24) is 19.5 Å². The Balaban J connectivity index is 2.30. The van der Waals surface area contributed by atoms with Crippen molar-refractivity contribution in [1.29, 1.82) is 0 Å². The highest BCUT2D eigenvalue weighted by molar-refractivity contribution is 9.10. The van der Waals surface area contributed by atoms with Crippen molar-refractivity contribution in [3.63, 3.8) is 0 Å². The number of nitrogens with zero attached hydrogens (tertiary/aromatic N) is 4. The van der Waals surface area contributed by atoms with Gasteiger partial charge in [0, 0.05) is 34.7 Å². The minimum atomic E-state index is 0.350. The van der Waals surface area contributed by atoms with Gasteiger partial charge in [0.1, 0.15) is 5.65 Å². The summed E-state index contributed by atoms with van der Waals surface area (Å²) in [4.78, 5) is 13.4. The van der Waals surface area contributed by atoms with Gasteiger partial charge >= 0.3 is 0 Å². The van der Waals surface area contributed by atoms with Gasteiger partial charge in [0.15, 0.2) is 5.82 Å². The molecule has 0 amide bonds. The standard InChI is InChI=1S/C15H15BrN4/c1-9(2)20-8-12(16)13-10(3)18-14(19-15(13)20)11-4-6-17-7-5-11/h4-9H,1-3H3. The molecular weight excluding hydrogens is 316 g/mol. The topological polar surface area (TPSA) is 43.6 Å². The number of aryl methyl sites for hydroxylation is 1. The second-order valence-corrected chi connectivity index (χ2v) is 5.90. The molecule has 3 aromatic heterocycles. The van der Waals surface area contributed by atoms with Gasteiger partial charge in [-0.25, -0.2) is 9.97 Å². The molecule has 0 atom stereocenters. The second kappa shape index (κ2) is 4.98. The lowest BCUT2D eigenvalue weighted by Gasteiger charge is -2.10. The molecule has 0 N–H and O–H groups in total. The lowest BCUT2D eigenvalue weighted by molar-refractivity contribution is 0.617. The van der Waals surface area contributed by atoms with E-state index in [0.717, 1.165) is 32.6 Å². The van der Waals surface area contributed by atoms with Crippen LogP contribution in [0.15, 0.2) is 35.2 Å². The fraction of sp³-hybridized carbons (Fsp3) is 0.267. The molecular formula is C15H15BrN4. The van der Waals surface area contributed by atoms with Gasteiger partial charge in [0.25, 0.3) is 0 Å². The van der Waals surface area contributed by atoms with Crippen LogP contribution in [0.4, 0.5) is 0 Å². The molecule has 0 saturated heterocycles. The van der Waals surface area contributed by atoms with E-state index in [1.54, 1.807) is 12.4 Å². The maximum atomic E-state index is 4.74. The molecule has 5 heteroatoms. The zero-order valence-corrected chi connectivity index (χ0v) is 13.2. The monoisotopic (exact) mass is 330 g/mol. The van der Waals surface area contributed by atoms with Gasteiger partial charge in [-0.3, -0.25) is 4.98 Å². The van der Waals surface area contributed by atoms with Crippen LogP contribution in [0.1, 0.15) is 25.6 Å². The van der Waals surface area contributed by atoms with Crippen LogP contribution in [-0.2, 0) is 0 Å². The van der Waals surface area contributed by atoms with Crippen LogP contribution >= 0.6 is 15.9 Å². The molecule has 3 aromatic rings. The fourth-order valence-electron chi connectivity index (χ4n) is 2.30. The van der Waals surface area contributed by atoms with Crippen LogP contribution in [0.5, 0.6) is 0 Å². The summed E-state index contributed by atoms with van der Waals surface area (Å²) in [6.07, 6.45) is 5.60. The van der Waals surface area contributed by atoms with Gasteiger partial charge < -0.3 is 4.57 Å². The molecule has 0 aliphatic rings. The molecule has 3 heterocycles. The Labute approximate surface area is 126 Å². The van der Waals surface area contributed by atoms with Crippen LogP contribution in [0.25, 0.3) is 22.4 Å². The number of fused-ring (bicyclic) bond motifs is 1. The van der Waals surface area contributed by atoms with Gasteiger partial charge in [-0.1, -0.05) is 0 Å². The van der Waals surface area contributed by atoms with Crippen molar-refractivity contribution in [3.05, 3.63) is 40.9 Å². The Morgan fingerprint density at radius 3 is 2.50 bits per heavy atom. The third-order valence-electron chi connectivity index (χ3n) is 3.30. The van der Waals surface area contributed by atoms with Crippen LogP contribution in [-0.4, -0.2) is 19.5 Å². The normalized spacial score (nSPS) is 11.4. The molecule has 20 heavy (non-hydrogen) atoms. The van der Waals surface area contributed by atoms with Gasteiger partial charge in [0.05, 0.1) is 11.1 Å². The van der Waals surface area contributed by atoms with Crippen LogP contribution in [0, 0.1) is 6.92 Å². The predicted octanol–water partition coefficient (Wildman–Crippen LogP) is 4.15. The van der Waals surface area contributed by atoms with E-state index in [1.165, 1.54) is 0 Å². The number of pyridine rings is 1. The van der Waals surface area contributed by atoms with Crippen LogP contribution in [0.3, 0.4) is 0 Å². The minimum Gasteiger partial charge on any atom is -0.329 e. The first-order chi connectivity index (χ1) is 9.58. The van der Waals surface area contributed by atoms with Crippen molar-refractivity contribution < 1.29 is 0 Å². The third-order valence-corrected chi connectivity index (χ3v) is 3.90. The summed E-state index contributed by atoms with van der Waals surface area (Å²) in [5.74, 6) is 0.741. The van der Waals surface area contributed by atoms with Crippen molar-refractivity contribution in [2.75, 3.05) is 0 Å². The van der Waals surface area contributed by atoms with Gasteiger partial charge in [0.2, 0.25) is 0 Å². The van der Waals surface area contributed by atoms with E-state index in [0.29, 0.717) is 6.04 Å². The Kier molecular flexibility index (Phi) is 3.30. The summed E-state index contributed by atoms with van der Waals surface area (Å²) >= 11 is 3.61. The molecule has 102 valence electrons. The third kappa shape index (κ3) is 2.12. The number of hydrogen-bond acceptors (Lipinski definition) is 3. The first-order valence-electron chi connectivity index (χ1n) is 6.53. The molecule has 3 rings (SSSR count). The maximum Gasteiger partial charge on any atom is 0.161 e. The largest absolute Gasteiger partial charge is 0.329 e. The van der Waals surface area contributed by atoms with Crippen LogP contribution in [0.2, 0.25) is 0 Å². The average Bonchev–Trinajstić information content (AvgIpc) is 2.78. The van der Waals surface area contributed by atoms with Crippen molar-refractivity contribution >= 4 is 27.0 Å². The number of rotatable bonds is 2. The maximum absolute atomic E-state index is 4.74. The molecule has 0 spiro atoms. The molecule has 0 saturated carbocycles. The van der Waals surface area contributed by atoms with Crippen molar-refractivity contribution in [3.8, 4) is 11.4 Å². The highest BCUT2D eigenvalue weighted by Gasteiger charge is 2.15. The summed E-state index contributed by atoms with van der Waals surface area (Å²) in [7, 11) is 0.